The van der Waals surface area contributed by atoms with Crippen LogP contribution in [0.4, 0.5) is 0 Å². The maximum atomic E-state index is 11.0. The summed E-state index contributed by atoms with van der Waals surface area (Å²) >= 11 is 0. The van der Waals surface area contributed by atoms with Crippen molar-refractivity contribution in [2.75, 3.05) is 6.61 Å². The molecule has 0 atom stereocenters. The SMILES string of the molecule is O=CCc1cnc2c(CCO)cccc2c1-c1ccccc1. The molecule has 0 aliphatic carbocycles. The summed E-state index contributed by atoms with van der Waals surface area (Å²) in [4.78, 5) is 15.5. The van der Waals surface area contributed by atoms with Gasteiger partial charge in [-0.05, 0) is 28.7 Å². The van der Waals surface area contributed by atoms with E-state index in [-0.39, 0.29) is 6.61 Å². The number of aliphatic hydroxyl groups excluding tert-OH is 1. The number of aromatic nitrogens is 1. The van der Waals surface area contributed by atoms with E-state index in [0.717, 1.165) is 39.4 Å². The van der Waals surface area contributed by atoms with Crippen LogP contribution in [0.5, 0.6) is 0 Å². The summed E-state index contributed by atoms with van der Waals surface area (Å²) in [5.74, 6) is 0. The Hall–Kier alpha value is -2.52. The first kappa shape index (κ1) is 14.4. The van der Waals surface area contributed by atoms with E-state index < -0.39 is 0 Å². The Morgan fingerprint density at radius 3 is 2.55 bits per heavy atom. The number of fused-ring (bicyclic) bond motifs is 1. The summed E-state index contributed by atoms with van der Waals surface area (Å²) in [6.45, 7) is 0.0948. The summed E-state index contributed by atoms with van der Waals surface area (Å²) in [7, 11) is 0. The second-order valence-electron chi connectivity index (χ2n) is 5.18. The van der Waals surface area contributed by atoms with E-state index in [4.69, 9.17) is 0 Å². The molecule has 0 aliphatic rings. The minimum Gasteiger partial charge on any atom is -0.396 e. The highest BCUT2D eigenvalue weighted by molar-refractivity contribution is 5.98. The molecule has 0 fully saturated rings. The van der Waals surface area contributed by atoms with Crippen LogP contribution in [0, 0.1) is 0 Å². The van der Waals surface area contributed by atoms with Crippen LogP contribution < -0.4 is 0 Å². The van der Waals surface area contributed by atoms with Crippen molar-refractivity contribution in [3.8, 4) is 11.1 Å². The van der Waals surface area contributed by atoms with Crippen molar-refractivity contribution >= 4 is 17.2 Å². The molecule has 0 bridgehead atoms. The van der Waals surface area contributed by atoms with Crippen LogP contribution in [0.1, 0.15) is 11.1 Å². The van der Waals surface area contributed by atoms with Crippen LogP contribution in [-0.4, -0.2) is 23.0 Å². The number of benzene rings is 2. The van der Waals surface area contributed by atoms with Crippen molar-refractivity contribution in [3.05, 3.63) is 65.9 Å². The number of para-hydroxylation sites is 1. The summed E-state index contributed by atoms with van der Waals surface area (Å²) in [5.41, 5.74) is 4.97. The lowest BCUT2D eigenvalue weighted by molar-refractivity contribution is -0.107. The van der Waals surface area contributed by atoms with Gasteiger partial charge in [-0.15, -0.1) is 0 Å². The minimum absolute atomic E-state index is 0.0948. The molecular weight excluding hydrogens is 274 g/mol. The molecule has 0 radical (unpaired) electrons. The molecule has 0 amide bonds. The molecule has 2 aromatic carbocycles. The first-order chi connectivity index (χ1) is 10.8. The number of carbonyl (C=O) groups is 1. The van der Waals surface area contributed by atoms with Gasteiger partial charge in [-0.1, -0.05) is 48.5 Å². The van der Waals surface area contributed by atoms with E-state index in [0.29, 0.717) is 12.8 Å². The molecular formula is C19H17NO2. The summed E-state index contributed by atoms with van der Waals surface area (Å²) in [5, 5.41) is 10.3. The van der Waals surface area contributed by atoms with Gasteiger partial charge in [0.05, 0.1) is 5.52 Å². The van der Waals surface area contributed by atoms with Gasteiger partial charge >= 0.3 is 0 Å². The average Bonchev–Trinajstić information content (AvgIpc) is 2.56. The predicted molar refractivity (Wildman–Crippen MR) is 87.7 cm³/mol. The number of carbonyl (C=O) groups excluding carboxylic acids is 1. The zero-order valence-corrected chi connectivity index (χ0v) is 12.2. The molecule has 3 aromatic rings. The molecule has 0 saturated heterocycles. The largest absolute Gasteiger partial charge is 0.396 e. The normalized spacial score (nSPS) is 10.8. The van der Waals surface area contributed by atoms with Crippen LogP contribution in [0.15, 0.2) is 54.7 Å². The molecule has 3 rings (SSSR count). The minimum atomic E-state index is 0.0948. The molecule has 0 saturated carbocycles. The first-order valence-corrected chi connectivity index (χ1v) is 7.34. The van der Waals surface area contributed by atoms with Crippen molar-refractivity contribution in [1.82, 2.24) is 4.98 Å². The van der Waals surface area contributed by atoms with Crippen molar-refractivity contribution < 1.29 is 9.90 Å². The van der Waals surface area contributed by atoms with Gasteiger partial charge in [-0.3, -0.25) is 4.98 Å². The average molecular weight is 291 g/mol. The number of hydrogen-bond donors (Lipinski definition) is 1. The van der Waals surface area contributed by atoms with E-state index in [2.05, 4.69) is 4.98 Å². The lowest BCUT2D eigenvalue weighted by Crippen LogP contribution is -1.99. The molecule has 110 valence electrons. The monoisotopic (exact) mass is 291 g/mol. The van der Waals surface area contributed by atoms with Gasteiger partial charge in [0.1, 0.15) is 6.29 Å². The quantitative estimate of drug-likeness (QED) is 0.735. The van der Waals surface area contributed by atoms with Gasteiger partial charge in [-0.25, -0.2) is 0 Å². The number of nitrogens with zero attached hydrogens (tertiary/aromatic N) is 1. The second kappa shape index (κ2) is 6.50. The maximum absolute atomic E-state index is 11.0. The fourth-order valence-electron chi connectivity index (χ4n) is 2.84. The Balaban J connectivity index is 2.32. The lowest BCUT2D eigenvalue weighted by Gasteiger charge is -2.13. The van der Waals surface area contributed by atoms with Crippen molar-refractivity contribution in [3.63, 3.8) is 0 Å². The summed E-state index contributed by atoms with van der Waals surface area (Å²) in [6, 6.07) is 16.0. The maximum Gasteiger partial charge on any atom is 0.124 e. The Bertz CT molecular complexity index is 797. The number of aldehydes is 1. The van der Waals surface area contributed by atoms with Gasteiger partial charge in [0.2, 0.25) is 0 Å². The van der Waals surface area contributed by atoms with Crippen LogP contribution in [0.25, 0.3) is 22.0 Å². The number of hydrogen-bond acceptors (Lipinski definition) is 3. The lowest BCUT2D eigenvalue weighted by atomic mass is 9.93. The molecule has 1 N–H and O–H groups in total. The Labute approximate surface area is 129 Å². The van der Waals surface area contributed by atoms with E-state index in [9.17, 15) is 9.90 Å². The molecule has 3 nitrogen and oxygen atoms in total. The van der Waals surface area contributed by atoms with Gasteiger partial charge in [0, 0.05) is 24.6 Å². The van der Waals surface area contributed by atoms with Gasteiger partial charge in [-0.2, -0.15) is 0 Å². The number of pyridine rings is 1. The number of rotatable bonds is 5. The van der Waals surface area contributed by atoms with Gasteiger partial charge in [0.15, 0.2) is 0 Å². The molecule has 3 heteroatoms. The van der Waals surface area contributed by atoms with Crippen molar-refractivity contribution in [2.45, 2.75) is 12.8 Å². The highest BCUT2D eigenvalue weighted by atomic mass is 16.2. The molecule has 0 spiro atoms. The highest BCUT2D eigenvalue weighted by Crippen LogP contribution is 2.32. The fourth-order valence-corrected chi connectivity index (χ4v) is 2.84. The molecule has 1 aromatic heterocycles. The zero-order valence-electron chi connectivity index (χ0n) is 12.2. The Morgan fingerprint density at radius 1 is 1.00 bits per heavy atom. The molecule has 0 unspecified atom stereocenters. The summed E-state index contributed by atoms with van der Waals surface area (Å²) < 4.78 is 0. The Morgan fingerprint density at radius 2 is 1.82 bits per heavy atom. The third-order valence-electron chi connectivity index (χ3n) is 3.81. The van der Waals surface area contributed by atoms with E-state index in [1.54, 1.807) is 6.20 Å². The van der Waals surface area contributed by atoms with E-state index >= 15 is 0 Å². The van der Waals surface area contributed by atoms with Gasteiger partial charge in [0.25, 0.3) is 0 Å². The molecule has 0 aliphatic heterocycles. The van der Waals surface area contributed by atoms with Crippen molar-refractivity contribution in [1.29, 1.82) is 0 Å². The summed E-state index contributed by atoms with van der Waals surface area (Å²) in [6.07, 6.45) is 3.61. The zero-order chi connectivity index (χ0) is 15.4. The van der Waals surface area contributed by atoms with E-state index in [1.165, 1.54) is 0 Å². The molecule has 1 heterocycles. The van der Waals surface area contributed by atoms with Crippen molar-refractivity contribution in [2.24, 2.45) is 0 Å². The van der Waals surface area contributed by atoms with Crippen LogP contribution in [0.3, 0.4) is 0 Å². The Kier molecular flexibility index (Phi) is 4.26. The smallest absolute Gasteiger partial charge is 0.124 e. The van der Waals surface area contributed by atoms with Gasteiger partial charge < -0.3 is 9.90 Å². The number of aliphatic hydroxyl groups is 1. The topological polar surface area (TPSA) is 50.2 Å². The standard InChI is InChI=1S/C19H17NO2/c21-11-9-15-7-4-8-17-18(14-5-2-1-3-6-14)16(10-12-22)13-20-19(15)17/h1-8,12-13,21H,9-11H2. The third kappa shape index (κ3) is 2.63. The first-order valence-electron chi connectivity index (χ1n) is 7.34. The highest BCUT2D eigenvalue weighted by Gasteiger charge is 2.12. The fraction of sp³-hybridized carbons (Fsp3) is 0.158. The second-order valence-corrected chi connectivity index (χ2v) is 5.18. The van der Waals surface area contributed by atoms with Crippen LogP contribution in [0.2, 0.25) is 0 Å². The van der Waals surface area contributed by atoms with E-state index in [1.807, 2.05) is 48.5 Å². The predicted octanol–water partition coefficient (Wildman–Crippen LogP) is 3.18. The molecule has 22 heavy (non-hydrogen) atoms. The van der Waals surface area contributed by atoms with Crippen LogP contribution >= 0.6 is 0 Å². The third-order valence-corrected chi connectivity index (χ3v) is 3.81. The van der Waals surface area contributed by atoms with Crippen LogP contribution in [-0.2, 0) is 17.6 Å².